The van der Waals surface area contributed by atoms with Crippen LogP contribution in [0.2, 0.25) is 0 Å². The first-order valence-corrected chi connectivity index (χ1v) is 5.71. The number of thiocarbonyl (C=S) groups is 1. The maximum absolute atomic E-state index is 4.97. The molecule has 0 bridgehead atoms. The van der Waals surface area contributed by atoms with Gasteiger partial charge in [0.05, 0.1) is 6.20 Å². The summed E-state index contributed by atoms with van der Waals surface area (Å²) in [6.45, 7) is 4.54. The van der Waals surface area contributed by atoms with E-state index in [1.807, 2.05) is 6.92 Å². The second-order valence-corrected chi connectivity index (χ2v) is 3.82. The minimum atomic E-state index is 0.677. The molecule has 0 aromatic carbocycles. The predicted octanol–water partition coefficient (Wildman–Crippen LogP) is 0.209. The zero-order chi connectivity index (χ0) is 11.8. The zero-order valence-corrected chi connectivity index (χ0v) is 10.5. The summed E-state index contributed by atoms with van der Waals surface area (Å²) < 4.78 is 4.97. The first-order valence-electron chi connectivity index (χ1n) is 5.30. The highest BCUT2D eigenvalue weighted by Gasteiger charge is 2.01. The van der Waals surface area contributed by atoms with Crippen LogP contribution in [0, 0.1) is 6.92 Å². The van der Waals surface area contributed by atoms with E-state index in [0.29, 0.717) is 5.11 Å². The van der Waals surface area contributed by atoms with Gasteiger partial charge in [-0.1, -0.05) is 5.16 Å². The number of aryl methyl sites for hydroxylation is 1. The molecule has 0 atom stereocenters. The van der Waals surface area contributed by atoms with Crippen molar-refractivity contribution < 1.29 is 4.52 Å². The van der Waals surface area contributed by atoms with Crippen molar-refractivity contribution in [3.8, 4) is 0 Å². The molecular weight excluding hydrogens is 224 g/mol. The molecule has 0 spiro atoms. The van der Waals surface area contributed by atoms with Gasteiger partial charge in [-0.05, 0) is 32.1 Å². The van der Waals surface area contributed by atoms with Crippen LogP contribution in [0.15, 0.2) is 10.7 Å². The Balaban J connectivity index is 2.00. The van der Waals surface area contributed by atoms with Crippen molar-refractivity contribution in [3.63, 3.8) is 0 Å². The van der Waals surface area contributed by atoms with E-state index in [4.69, 9.17) is 16.7 Å². The summed E-state index contributed by atoms with van der Waals surface area (Å²) in [6, 6.07) is 0. The molecule has 0 radical (unpaired) electrons. The molecule has 6 heteroatoms. The number of rotatable bonds is 6. The van der Waals surface area contributed by atoms with Gasteiger partial charge in [-0.3, -0.25) is 0 Å². The molecule has 90 valence electrons. The third-order valence-electron chi connectivity index (χ3n) is 2.24. The van der Waals surface area contributed by atoms with E-state index in [1.165, 1.54) is 0 Å². The molecule has 0 amide bonds. The summed E-state index contributed by atoms with van der Waals surface area (Å²) in [5, 5.41) is 13.6. The summed E-state index contributed by atoms with van der Waals surface area (Å²) >= 11 is 4.94. The summed E-state index contributed by atoms with van der Waals surface area (Å²) in [6.07, 6.45) is 2.71. The Labute approximate surface area is 101 Å². The molecule has 0 aliphatic rings. The lowest BCUT2D eigenvalue weighted by molar-refractivity contribution is 0.396. The van der Waals surface area contributed by atoms with E-state index in [9.17, 15) is 0 Å². The van der Waals surface area contributed by atoms with Crippen molar-refractivity contribution in [3.05, 3.63) is 17.5 Å². The standard InChI is InChI=1S/C10H18N4OS/c1-8-9(7-14-15-8)3-4-12-5-6-13-10(16)11-2/h7,12H,3-6H2,1-2H3,(H2,11,13,16). The SMILES string of the molecule is CNC(=S)NCCNCCc1cnoc1C. The summed E-state index contributed by atoms with van der Waals surface area (Å²) in [4.78, 5) is 0. The van der Waals surface area contributed by atoms with Crippen LogP contribution >= 0.6 is 12.2 Å². The van der Waals surface area contributed by atoms with Crippen molar-refractivity contribution in [2.24, 2.45) is 0 Å². The number of hydrogen-bond acceptors (Lipinski definition) is 4. The summed E-state index contributed by atoms with van der Waals surface area (Å²) in [7, 11) is 1.80. The lowest BCUT2D eigenvalue weighted by atomic mass is 10.2. The fourth-order valence-corrected chi connectivity index (χ4v) is 1.36. The molecule has 1 aromatic heterocycles. The average Bonchev–Trinajstić information content (AvgIpc) is 2.69. The number of hydrogen-bond donors (Lipinski definition) is 3. The Morgan fingerprint density at radius 1 is 1.44 bits per heavy atom. The molecule has 0 fully saturated rings. The molecule has 0 aliphatic carbocycles. The van der Waals surface area contributed by atoms with Crippen molar-refractivity contribution in [2.45, 2.75) is 13.3 Å². The fourth-order valence-electron chi connectivity index (χ4n) is 1.26. The average molecular weight is 242 g/mol. The first kappa shape index (κ1) is 12.9. The van der Waals surface area contributed by atoms with Crippen LogP contribution in [0.1, 0.15) is 11.3 Å². The van der Waals surface area contributed by atoms with Crippen LogP contribution in [0.3, 0.4) is 0 Å². The molecule has 0 saturated carbocycles. The maximum atomic E-state index is 4.97. The van der Waals surface area contributed by atoms with Crippen LogP contribution in [-0.2, 0) is 6.42 Å². The van der Waals surface area contributed by atoms with Crippen LogP contribution in [-0.4, -0.2) is 37.0 Å². The molecule has 0 unspecified atom stereocenters. The van der Waals surface area contributed by atoms with E-state index in [0.717, 1.165) is 37.4 Å². The van der Waals surface area contributed by atoms with Gasteiger partial charge in [0.2, 0.25) is 0 Å². The Morgan fingerprint density at radius 3 is 2.88 bits per heavy atom. The molecular formula is C10H18N4OS. The van der Waals surface area contributed by atoms with Gasteiger partial charge >= 0.3 is 0 Å². The van der Waals surface area contributed by atoms with Gasteiger partial charge < -0.3 is 20.5 Å². The molecule has 1 aromatic rings. The number of nitrogens with one attached hydrogen (secondary N) is 3. The van der Waals surface area contributed by atoms with Gasteiger partial charge in [-0.15, -0.1) is 0 Å². The van der Waals surface area contributed by atoms with E-state index in [-0.39, 0.29) is 0 Å². The minimum absolute atomic E-state index is 0.677. The van der Waals surface area contributed by atoms with Crippen LogP contribution < -0.4 is 16.0 Å². The Kier molecular flexibility index (Phi) is 5.81. The number of nitrogens with zero attached hydrogens (tertiary/aromatic N) is 1. The van der Waals surface area contributed by atoms with Crippen LogP contribution in [0.5, 0.6) is 0 Å². The quantitative estimate of drug-likeness (QED) is 0.490. The van der Waals surface area contributed by atoms with E-state index in [2.05, 4.69) is 21.1 Å². The second-order valence-electron chi connectivity index (χ2n) is 3.41. The zero-order valence-electron chi connectivity index (χ0n) is 9.67. The smallest absolute Gasteiger partial charge is 0.166 e. The normalized spacial score (nSPS) is 10.1. The van der Waals surface area contributed by atoms with Crippen molar-refractivity contribution in [1.29, 1.82) is 0 Å². The molecule has 16 heavy (non-hydrogen) atoms. The molecule has 5 nitrogen and oxygen atoms in total. The van der Waals surface area contributed by atoms with Gasteiger partial charge in [-0.2, -0.15) is 0 Å². The molecule has 1 heterocycles. The van der Waals surface area contributed by atoms with Gasteiger partial charge in [0.25, 0.3) is 0 Å². The topological polar surface area (TPSA) is 62.1 Å². The lowest BCUT2D eigenvalue weighted by Gasteiger charge is -2.07. The fraction of sp³-hybridized carbons (Fsp3) is 0.600. The third-order valence-corrected chi connectivity index (χ3v) is 2.58. The van der Waals surface area contributed by atoms with E-state index in [1.54, 1.807) is 13.2 Å². The lowest BCUT2D eigenvalue weighted by Crippen LogP contribution is -2.37. The van der Waals surface area contributed by atoms with E-state index >= 15 is 0 Å². The third kappa shape index (κ3) is 4.59. The Morgan fingerprint density at radius 2 is 2.25 bits per heavy atom. The Hall–Kier alpha value is -1.14. The van der Waals surface area contributed by atoms with Gasteiger partial charge in [0, 0.05) is 25.7 Å². The highest BCUT2D eigenvalue weighted by molar-refractivity contribution is 7.80. The highest BCUT2D eigenvalue weighted by atomic mass is 32.1. The maximum Gasteiger partial charge on any atom is 0.166 e. The summed E-state index contributed by atoms with van der Waals surface area (Å²) in [5.74, 6) is 0.899. The molecule has 1 rings (SSSR count). The first-order chi connectivity index (χ1) is 7.74. The highest BCUT2D eigenvalue weighted by Crippen LogP contribution is 2.05. The van der Waals surface area contributed by atoms with Crippen molar-refractivity contribution in [1.82, 2.24) is 21.1 Å². The van der Waals surface area contributed by atoms with Crippen LogP contribution in [0.4, 0.5) is 0 Å². The Bertz CT molecular complexity index is 326. The molecule has 0 aliphatic heterocycles. The molecule has 0 saturated heterocycles. The minimum Gasteiger partial charge on any atom is -0.366 e. The number of aromatic nitrogens is 1. The largest absolute Gasteiger partial charge is 0.366 e. The van der Waals surface area contributed by atoms with Crippen molar-refractivity contribution in [2.75, 3.05) is 26.7 Å². The predicted molar refractivity (Wildman–Crippen MR) is 67.5 cm³/mol. The van der Waals surface area contributed by atoms with E-state index < -0.39 is 0 Å². The molecule has 3 N–H and O–H groups in total. The monoisotopic (exact) mass is 242 g/mol. The van der Waals surface area contributed by atoms with Crippen LogP contribution in [0.25, 0.3) is 0 Å². The van der Waals surface area contributed by atoms with Gasteiger partial charge in [-0.25, -0.2) is 0 Å². The summed E-state index contributed by atoms with van der Waals surface area (Å²) in [5.41, 5.74) is 1.16. The van der Waals surface area contributed by atoms with Gasteiger partial charge in [0.1, 0.15) is 5.76 Å². The van der Waals surface area contributed by atoms with Gasteiger partial charge in [0.15, 0.2) is 5.11 Å². The second kappa shape index (κ2) is 7.19. The van der Waals surface area contributed by atoms with Crippen molar-refractivity contribution >= 4 is 17.3 Å².